The summed E-state index contributed by atoms with van der Waals surface area (Å²) in [5.41, 5.74) is 0. The predicted octanol–water partition coefficient (Wildman–Crippen LogP) is 0.924. The van der Waals surface area contributed by atoms with Crippen molar-refractivity contribution in [3.63, 3.8) is 0 Å². The fraction of sp³-hybridized carbons (Fsp3) is 1.00. The van der Waals surface area contributed by atoms with Gasteiger partial charge in [-0.3, -0.25) is 0 Å². The summed E-state index contributed by atoms with van der Waals surface area (Å²) in [6.45, 7) is 6.88. The molecule has 0 unspecified atom stereocenters. The first-order chi connectivity index (χ1) is 6.69. The Morgan fingerprint density at radius 1 is 1.29 bits per heavy atom. The molecule has 0 saturated carbocycles. The summed E-state index contributed by atoms with van der Waals surface area (Å²) in [4.78, 5) is 0. The lowest BCUT2D eigenvalue weighted by Gasteiger charge is -2.15. The van der Waals surface area contributed by atoms with Crippen LogP contribution in [0.4, 0.5) is 0 Å². The van der Waals surface area contributed by atoms with Crippen LogP contribution in [0.5, 0.6) is 0 Å². The quantitative estimate of drug-likeness (QED) is 0.495. The summed E-state index contributed by atoms with van der Waals surface area (Å²) >= 11 is 0. The van der Waals surface area contributed by atoms with E-state index in [2.05, 4.69) is 0 Å². The SMILES string of the molecule is CCOC(C[C@@H]1O[C@H]1[C@@H](C)O)OCC. The Kier molecular flexibility index (Phi) is 4.81. The molecule has 4 heteroatoms. The maximum Gasteiger partial charge on any atom is 0.160 e. The molecular weight excluding hydrogens is 184 g/mol. The van der Waals surface area contributed by atoms with Crippen molar-refractivity contribution in [3.8, 4) is 0 Å². The zero-order chi connectivity index (χ0) is 10.6. The number of hydrogen-bond acceptors (Lipinski definition) is 4. The highest BCUT2D eigenvalue weighted by atomic mass is 16.7. The summed E-state index contributed by atoms with van der Waals surface area (Å²) in [5, 5.41) is 9.23. The Balaban J connectivity index is 2.20. The van der Waals surface area contributed by atoms with Gasteiger partial charge in [-0.1, -0.05) is 0 Å². The topological polar surface area (TPSA) is 51.2 Å². The molecule has 0 bridgehead atoms. The second-order valence-electron chi connectivity index (χ2n) is 3.46. The van der Waals surface area contributed by atoms with E-state index in [-0.39, 0.29) is 18.5 Å². The van der Waals surface area contributed by atoms with Crippen LogP contribution in [0.1, 0.15) is 27.2 Å². The number of epoxide rings is 1. The van der Waals surface area contributed by atoms with Crippen molar-refractivity contribution < 1.29 is 19.3 Å². The zero-order valence-electron chi connectivity index (χ0n) is 9.10. The van der Waals surface area contributed by atoms with Crippen LogP contribution in [0.25, 0.3) is 0 Å². The normalized spacial score (nSPS) is 28.1. The van der Waals surface area contributed by atoms with Gasteiger partial charge in [0.25, 0.3) is 0 Å². The first-order valence-electron chi connectivity index (χ1n) is 5.25. The molecule has 1 aliphatic heterocycles. The average molecular weight is 204 g/mol. The van der Waals surface area contributed by atoms with Gasteiger partial charge in [0.05, 0.1) is 12.2 Å². The molecule has 1 N–H and O–H groups in total. The monoisotopic (exact) mass is 204 g/mol. The van der Waals surface area contributed by atoms with Gasteiger partial charge in [-0.25, -0.2) is 0 Å². The minimum absolute atomic E-state index is 0.0292. The number of hydrogen-bond donors (Lipinski definition) is 1. The van der Waals surface area contributed by atoms with Crippen molar-refractivity contribution in [2.45, 2.75) is 51.8 Å². The summed E-state index contributed by atoms with van der Waals surface area (Å²) < 4.78 is 16.0. The molecule has 0 spiro atoms. The summed E-state index contributed by atoms with van der Waals surface area (Å²) in [5.74, 6) is 0. The third-order valence-electron chi connectivity index (χ3n) is 2.23. The van der Waals surface area contributed by atoms with Crippen LogP contribution in [0.15, 0.2) is 0 Å². The van der Waals surface area contributed by atoms with Crippen molar-refractivity contribution in [3.05, 3.63) is 0 Å². The van der Waals surface area contributed by atoms with Gasteiger partial charge in [-0.15, -0.1) is 0 Å². The lowest BCUT2D eigenvalue weighted by atomic mass is 10.2. The van der Waals surface area contributed by atoms with Crippen LogP contribution < -0.4 is 0 Å². The molecular formula is C10H20O4. The Labute approximate surface area is 85.2 Å². The lowest BCUT2D eigenvalue weighted by Crippen LogP contribution is -2.22. The Morgan fingerprint density at radius 3 is 2.21 bits per heavy atom. The van der Waals surface area contributed by atoms with Crippen LogP contribution in [-0.4, -0.2) is 42.9 Å². The molecule has 0 aromatic heterocycles. The fourth-order valence-corrected chi connectivity index (χ4v) is 1.52. The summed E-state index contributed by atoms with van der Waals surface area (Å²) in [6.07, 6.45) is 0.177. The Hall–Kier alpha value is -0.160. The third kappa shape index (κ3) is 3.53. The fourth-order valence-electron chi connectivity index (χ4n) is 1.52. The molecule has 0 aromatic carbocycles. The molecule has 1 fully saturated rings. The van der Waals surface area contributed by atoms with Gasteiger partial charge in [-0.05, 0) is 20.8 Å². The van der Waals surface area contributed by atoms with E-state index in [0.717, 1.165) is 0 Å². The van der Waals surface area contributed by atoms with Crippen molar-refractivity contribution >= 4 is 0 Å². The van der Waals surface area contributed by atoms with Crippen LogP contribution >= 0.6 is 0 Å². The predicted molar refractivity (Wildman–Crippen MR) is 52.0 cm³/mol. The highest BCUT2D eigenvalue weighted by molar-refractivity contribution is 4.89. The molecule has 0 radical (unpaired) electrons. The molecule has 3 atom stereocenters. The van der Waals surface area contributed by atoms with Crippen molar-refractivity contribution in [1.29, 1.82) is 0 Å². The smallest absolute Gasteiger partial charge is 0.160 e. The largest absolute Gasteiger partial charge is 0.391 e. The van der Waals surface area contributed by atoms with Crippen LogP contribution in [0, 0.1) is 0 Å². The maximum atomic E-state index is 9.23. The van der Waals surface area contributed by atoms with Gasteiger partial charge in [0, 0.05) is 19.6 Å². The standard InChI is InChI=1S/C10H20O4/c1-4-12-9(13-5-2)6-8-10(14-8)7(3)11/h7-11H,4-6H2,1-3H3/t7-,8+,10+/m1/s1. The summed E-state index contributed by atoms with van der Waals surface area (Å²) in [6, 6.07) is 0. The number of aliphatic hydroxyl groups is 1. The molecule has 1 rings (SSSR count). The van der Waals surface area contributed by atoms with Crippen molar-refractivity contribution in [2.24, 2.45) is 0 Å². The molecule has 84 valence electrons. The maximum absolute atomic E-state index is 9.23. The second-order valence-corrected chi connectivity index (χ2v) is 3.46. The molecule has 1 aliphatic rings. The molecule has 1 heterocycles. The van der Waals surface area contributed by atoms with E-state index in [1.165, 1.54) is 0 Å². The van der Waals surface area contributed by atoms with Crippen LogP contribution in [0.3, 0.4) is 0 Å². The zero-order valence-corrected chi connectivity index (χ0v) is 9.10. The third-order valence-corrected chi connectivity index (χ3v) is 2.23. The van der Waals surface area contributed by atoms with Crippen molar-refractivity contribution in [2.75, 3.05) is 13.2 Å². The van der Waals surface area contributed by atoms with E-state index in [4.69, 9.17) is 14.2 Å². The van der Waals surface area contributed by atoms with Gasteiger partial charge in [0.15, 0.2) is 6.29 Å². The summed E-state index contributed by atoms with van der Waals surface area (Å²) in [7, 11) is 0. The van der Waals surface area contributed by atoms with E-state index in [0.29, 0.717) is 19.6 Å². The first kappa shape index (κ1) is 11.9. The van der Waals surface area contributed by atoms with E-state index in [1.54, 1.807) is 6.92 Å². The highest BCUT2D eigenvalue weighted by Gasteiger charge is 2.43. The van der Waals surface area contributed by atoms with Gasteiger partial charge >= 0.3 is 0 Å². The van der Waals surface area contributed by atoms with E-state index < -0.39 is 6.10 Å². The average Bonchev–Trinajstić information content (AvgIpc) is 2.85. The van der Waals surface area contributed by atoms with Gasteiger partial charge in [0.2, 0.25) is 0 Å². The Morgan fingerprint density at radius 2 is 1.86 bits per heavy atom. The minimum Gasteiger partial charge on any atom is -0.391 e. The first-order valence-corrected chi connectivity index (χ1v) is 5.25. The molecule has 0 aromatic rings. The van der Waals surface area contributed by atoms with Gasteiger partial charge in [-0.2, -0.15) is 0 Å². The number of rotatable bonds is 7. The number of aliphatic hydroxyl groups excluding tert-OH is 1. The molecule has 1 saturated heterocycles. The second kappa shape index (κ2) is 5.66. The van der Waals surface area contributed by atoms with Gasteiger partial charge < -0.3 is 19.3 Å². The van der Waals surface area contributed by atoms with Crippen molar-refractivity contribution in [1.82, 2.24) is 0 Å². The van der Waals surface area contributed by atoms with Crippen LogP contribution in [0.2, 0.25) is 0 Å². The van der Waals surface area contributed by atoms with E-state index >= 15 is 0 Å². The van der Waals surface area contributed by atoms with E-state index in [1.807, 2.05) is 13.8 Å². The lowest BCUT2D eigenvalue weighted by molar-refractivity contribution is -0.141. The molecule has 0 aliphatic carbocycles. The minimum atomic E-state index is -0.399. The van der Waals surface area contributed by atoms with E-state index in [9.17, 15) is 5.11 Å². The molecule has 14 heavy (non-hydrogen) atoms. The van der Waals surface area contributed by atoms with Crippen LogP contribution in [-0.2, 0) is 14.2 Å². The highest BCUT2D eigenvalue weighted by Crippen LogP contribution is 2.30. The molecule has 4 nitrogen and oxygen atoms in total. The molecule has 0 amide bonds. The number of ether oxygens (including phenoxy) is 3. The van der Waals surface area contributed by atoms with Gasteiger partial charge in [0.1, 0.15) is 6.10 Å². The Bertz CT molecular complexity index is 154.